The van der Waals surface area contributed by atoms with Gasteiger partial charge in [0.1, 0.15) is 11.9 Å². The number of rotatable bonds is 5. The number of aliphatic hydroxyl groups is 1. The van der Waals surface area contributed by atoms with Crippen LogP contribution in [-0.2, 0) is 21.9 Å². The van der Waals surface area contributed by atoms with Crippen LogP contribution in [-0.4, -0.2) is 38.3 Å². The summed E-state index contributed by atoms with van der Waals surface area (Å²) in [6.07, 6.45) is -7.23. The third-order valence-electron chi connectivity index (χ3n) is 5.69. The number of pyridine rings is 1. The molecule has 37 heavy (non-hydrogen) atoms. The highest BCUT2D eigenvalue weighted by Crippen LogP contribution is 2.41. The van der Waals surface area contributed by atoms with Crippen LogP contribution in [0.15, 0.2) is 48.7 Å². The van der Waals surface area contributed by atoms with Gasteiger partial charge in [-0.05, 0) is 42.7 Å². The number of esters is 1. The number of aliphatic hydroxyl groups excluding tert-OH is 1. The number of anilines is 1. The molecule has 1 aliphatic rings. The number of benzene rings is 1. The van der Waals surface area contributed by atoms with Crippen LogP contribution < -0.4 is 5.73 Å². The molecule has 4 rings (SSSR count). The van der Waals surface area contributed by atoms with Crippen LogP contribution in [0, 0.1) is 5.92 Å². The van der Waals surface area contributed by atoms with Crippen LogP contribution in [0.1, 0.15) is 24.2 Å². The standard InChI is InChI=1S/C24H20F6N4O3/c25-23(26,27)16-3-1-2-15(10-16)21-20(14-4-6-32-18(31)11-14)33-22(24(28,29)30)34(21)7-5-17-8-13(12-35)9-19(36)37-17/h1-7,10-11,13,17,35H,8-9,12H2,(H2,31,32)/b7-5+. The van der Waals surface area contributed by atoms with Gasteiger partial charge in [0.25, 0.3) is 0 Å². The predicted molar refractivity (Wildman–Crippen MR) is 120 cm³/mol. The summed E-state index contributed by atoms with van der Waals surface area (Å²) in [6.45, 7) is -0.318. The molecule has 13 heteroatoms. The molecule has 1 fully saturated rings. The maximum Gasteiger partial charge on any atom is 0.450 e. The number of nitrogens with two attached hydrogens (primary N) is 1. The molecule has 7 nitrogen and oxygen atoms in total. The molecule has 3 aromatic rings. The molecule has 2 atom stereocenters. The Morgan fingerprint density at radius 3 is 2.51 bits per heavy atom. The van der Waals surface area contributed by atoms with Gasteiger partial charge in [-0.3, -0.25) is 9.36 Å². The Bertz CT molecular complexity index is 1330. The van der Waals surface area contributed by atoms with E-state index in [4.69, 9.17) is 10.5 Å². The fraction of sp³-hybridized carbons (Fsp3) is 0.292. The summed E-state index contributed by atoms with van der Waals surface area (Å²) < 4.78 is 88.4. The molecule has 2 unspecified atom stereocenters. The number of hydrogen-bond donors (Lipinski definition) is 2. The zero-order valence-electron chi connectivity index (χ0n) is 18.9. The van der Waals surface area contributed by atoms with E-state index in [9.17, 15) is 36.2 Å². The molecule has 1 aromatic carbocycles. The number of ether oxygens (including phenoxy) is 1. The van der Waals surface area contributed by atoms with Crippen LogP contribution in [0.5, 0.6) is 0 Å². The summed E-state index contributed by atoms with van der Waals surface area (Å²) in [7, 11) is 0. The van der Waals surface area contributed by atoms with Crippen LogP contribution in [0.25, 0.3) is 28.7 Å². The van der Waals surface area contributed by atoms with Gasteiger partial charge in [-0.2, -0.15) is 26.3 Å². The molecule has 0 amide bonds. The second-order valence-electron chi connectivity index (χ2n) is 8.41. The molecule has 0 aliphatic carbocycles. The smallest absolute Gasteiger partial charge is 0.450 e. The highest BCUT2D eigenvalue weighted by Gasteiger charge is 2.40. The summed E-state index contributed by atoms with van der Waals surface area (Å²) in [5, 5.41) is 9.40. The first-order chi connectivity index (χ1) is 17.4. The van der Waals surface area contributed by atoms with Crippen molar-refractivity contribution in [1.82, 2.24) is 14.5 Å². The lowest BCUT2D eigenvalue weighted by molar-refractivity contribution is -0.154. The van der Waals surface area contributed by atoms with Crippen molar-refractivity contribution in [2.24, 2.45) is 5.92 Å². The predicted octanol–water partition coefficient (Wildman–Crippen LogP) is 5.02. The molecule has 0 spiro atoms. The van der Waals surface area contributed by atoms with Crippen molar-refractivity contribution in [3.8, 4) is 22.5 Å². The van der Waals surface area contributed by atoms with Gasteiger partial charge in [0.2, 0.25) is 5.82 Å². The maximum atomic E-state index is 14.1. The monoisotopic (exact) mass is 526 g/mol. The number of halogens is 6. The quantitative estimate of drug-likeness (QED) is 0.358. The Kier molecular flexibility index (Phi) is 7.00. The number of carbonyl (C=O) groups is 1. The number of nitrogens with zero attached hydrogens (tertiary/aromatic N) is 3. The van der Waals surface area contributed by atoms with E-state index in [0.29, 0.717) is 4.57 Å². The van der Waals surface area contributed by atoms with Crippen molar-refractivity contribution in [1.29, 1.82) is 0 Å². The first-order valence-electron chi connectivity index (χ1n) is 10.9. The van der Waals surface area contributed by atoms with Gasteiger partial charge < -0.3 is 15.6 Å². The lowest BCUT2D eigenvalue weighted by Gasteiger charge is -2.25. The molecule has 196 valence electrons. The van der Waals surface area contributed by atoms with Crippen molar-refractivity contribution >= 4 is 18.0 Å². The zero-order chi connectivity index (χ0) is 27.0. The summed E-state index contributed by atoms with van der Waals surface area (Å²) in [4.78, 5) is 19.4. The Hall–Kier alpha value is -3.87. The number of nitrogen functional groups attached to an aromatic ring is 1. The molecule has 1 aliphatic heterocycles. The minimum atomic E-state index is -5.01. The van der Waals surface area contributed by atoms with Crippen molar-refractivity contribution in [3.05, 3.63) is 60.1 Å². The SMILES string of the molecule is Nc1cc(-c2nc(C(F)(F)F)n(/C=C/C3CC(CO)CC(=O)O3)c2-c2cccc(C(F)(F)F)c2)ccn1. The second-order valence-corrected chi connectivity index (χ2v) is 8.41. The first-order valence-corrected chi connectivity index (χ1v) is 10.9. The summed E-state index contributed by atoms with van der Waals surface area (Å²) >= 11 is 0. The third kappa shape index (κ3) is 5.77. The number of carbonyl (C=O) groups excluding carboxylic acids is 1. The van der Waals surface area contributed by atoms with E-state index in [0.717, 1.165) is 24.4 Å². The van der Waals surface area contributed by atoms with E-state index >= 15 is 0 Å². The molecule has 0 radical (unpaired) electrons. The summed E-state index contributed by atoms with van der Waals surface area (Å²) in [5.74, 6) is -2.52. The Morgan fingerprint density at radius 2 is 1.86 bits per heavy atom. The highest BCUT2D eigenvalue weighted by molar-refractivity contribution is 5.82. The van der Waals surface area contributed by atoms with Gasteiger partial charge in [-0.1, -0.05) is 12.1 Å². The van der Waals surface area contributed by atoms with E-state index in [1.54, 1.807) is 0 Å². The average Bonchev–Trinajstić information content (AvgIpc) is 3.22. The van der Waals surface area contributed by atoms with Crippen molar-refractivity contribution in [3.63, 3.8) is 0 Å². The second kappa shape index (κ2) is 9.88. The topological polar surface area (TPSA) is 103 Å². The molecule has 3 heterocycles. The van der Waals surface area contributed by atoms with Gasteiger partial charge >= 0.3 is 18.3 Å². The van der Waals surface area contributed by atoms with Crippen molar-refractivity contribution in [2.75, 3.05) is 12.3 Å². The third-order valence-corrected chi connectivity index (χ3v) is 5.69. The number of alkyl halides is 6. The molecule has 0 bridgehead atoms. The molecular formula is C24H20F6N4O3. The van der Waals surface area contributed by atoms with Crippen LogP contribution in [0.3, 0.4) is 0 Å². The van der Waals surface area contributed by atoms with Crippen molar-refractivity contribution < 1.29 is 41.0 Å². The maximum absolute atomic E-state index is 14.1. The molecule has 1 saturated heterocycles. The van der Waals surface area contributed by atoms with E-state index in [1.165, 1.54) is 30.5 Å². The van der Waals surface area contributed by atoms with Gasteiger partial charge in [-0.15, -0.1) is 0 Å². The van der Waals surface area contributed by atoms with Crippen molar-refractivity contribution in [2.45, 2.75) is 31.3 Å². The Labute approximate surface area is 206 Å². The minimum Gasteiger partial charge on any atom is -0.458 e. The van der Waals surface area contributed by atoms with E-state index in [-0.39, 0.29) is 47.8 Å². The average molecular weight is 526 g/mol. The largest absolute Gasteiger partial charge is 0.458 e. The lowest BCUT2D eigenvalue weighted by atomic mass is 9.96. The Balaban J connectivity index is 1.94. The van der Waals surface area contributed by atoms with Crippen LogP contribution in [0.2, 0.25) is 0 Å². The molecule has 2 aromatic heterocycles. The molecular weight excluding hydrogens is 506 g/mol. The van der Waals surface area contributed by atoms with E-state index < -0.39 is 41.7 Å². The normalized spacial score (nSPS) is 18.8. The van der Waals surface area contributed by atoms with Crippen LogP contribution >= 0.6 is 0 Å². The van der Waals surface area contributed by atoms with Gasteiger partial charge in [0, 0.05) is 30.1 Å². The summed E-state index contributed by atoms with van der Waals surface area (Å²) in [6, 6.07) is 6.41. The number of cyclic esters (lactones) is 1. The number of hydrogen-bond acceptors (Lipinski definition) is 6. The fourth-order valence-corrected chi connectivity index (χ4v) is 4.04. The fourth-order valence-electron chi connectivity index (χ4n) is 4.04. The summed E-state index contributed by atoms with van der Waals surface area (Å²) in [5.41, 5.74) is 3.96. The zero-order valence-corrected chi connectivity index (χ0v) is 18.9. The minimum absolute atomic E-state index is 0.0321. The highest BCUT2D eigenvalue weighted by atomic mass is 19.4. The molecule has 3 N–H and O–H groups in total. The first kappa shape index (κ1) is 26.2. The van der Waals surface area contributed by atoms with Crippen LogP contribution in [0.4, 0.5) is 32.2 Å². The van der Waals surface area contributed by atoms with Gasteiger partial charge in [0.05, 0.1) is 23.4 Å². The van der Waals surface area contributed by atoms with Gasteiger partial charge in [0.15, 0.2) is 0 Å². The van der Waals surface area contributed by atoms with Gasteiger partial charge in [-0.25, -0.2) is 9.97 Å². The van der Waals surface area contributed by atoms with E-state index in [2.05, 4.69) is 9.97 Å². The molecule has 0 saturated carbocycles. The lowest BCUT2D eigenvalue weighted by Crippen LogP contribution is -2.30. The Morgan fingerprint density at radius 1 is 1.11 bits per heavy atom. The number of aromatic nitrogens is 3. The number of imidazole rings is 1. The van der Waals surface area contributed by atoms with E-state index in [1.807, 2.05) is 0 Å².